The van der Waals surface area contributed by atoms with Crippen LogP contribution in [0.15, 0.2) is 16.7 Å². The Morgan fingerprint density at radius 3 is 2.90 bits per heavy atom. The standard InChI is InChI=1S/C12H14BrN3O4/c13-9-6-8(16(17)18)7-14-11(9)15-10-2-1-3-12(10)19-4-5-20-12/h6-7,10H,1-5H2,(H,14,15). The van der Waals surface area contributed by atoms with Gasteiger partial charge in [0.1, 0.15) is 12.0 Å². The highest BCUT2D eigenvalue weighted by Gasteiger charge is 2.48. The Labute approximate surface area is 123 Å². The van der Waals surface area contributed by atoms with Crippen LogP contribution in [-0.4, -0.2) is 35.0 Å². The molecule has 108 valence electrons. The van der Waals surface area contributed by atoms with Gasteiger partial charge >= 0.3 is 0 Å². The lowest BCUT2D eigenvalue weighted by molar-refractivity contribution is -0.385. The maximum absolute atomic E-state index is 10.7. The quantitative estimate of drug-likeness (QED) is 0.670. The molecule has 20 heavy (non-hydrogen) atoms. The van der Waals surface area contributed by atoms with E-state index >= 15 is 0 Å². The lowest BCUT2D eigenvalue weighted by Gasteiger charge is -2.30. The van der Waals surface area contributed by atoms with Crippen LogP contribution < -0.4 is 5.32 Å². The van der Waals surface area contributed by atoms with Crippen molar-refractivity contribution >= 4 is 27.4 Å². The summed E-state index contributed by atoms with van der Waals surface area (Å²) in [5, 5.41) is 14.0. The van der Waals surface area contributed by atoms with Gasteiger partial charge in [0.15, 0.2) is 5.79 Å². The third kappa shape index (κ3) is 2.38. The van der Waals surface area contributed by atoms with Gasteiger partial charge in [-0.2, -0.15) is 0 Å². The van der Waals surface area contributed by atoms with E-state index in [-0.39, 0.29) is 11.7 Å². The van der Waals surface area contributed by atoms with E-state index in [4.69, 9.17) is 9.47 Å². The van der Waals surface area contributed by atoms with Crippen molar-refractivity contribution in [2.45, 2.75) is 31.1 Å². The SMILES string of the molecule is O=[N+]([O-])c1cnc(NC2CCCC23OCCO3)c(Br)c1. The molecule has 2 heterocycles. The minimum absolute atomic E-state index is 0.00950. The molecular formula is C12H14BrN3O4. The van der Waals surface area contributed by atoms with Crippen LogP contribution in [0, 0.1) is 10.1 Å². The molecule has 1 aliphatic heterocycles. The summed E-state index contributed by atoms with van der Waals surface area (Å²) < 4.78 is 12.1. The van der Waals surface area contributed by atoms with Gasteiger partial charge in [0.2, 0.25) is 0 Å². The van der Waals surface area contributed by atoms with Crippen LogP contribution in [0.1, 0.15) is 19.3 Å². The third-order valence-corrected chi connectivity index (χ3v) is 4.28. The fourth-order valence-electron chi connectivity index (χ4n) is 2.74. The van der Waals surface area contributed by atoms with Crippen LogP contribution >= 0.6 is 15.9 Å². The molecule has 1 saturated carbocycles. The second kappa shape index (κ2) is 5.27. The number of nitro groups is 1. The third-order valence-electron chi connectivity index (χ3n) is 3.67. The molecule has 2 aliphatic rings. The van der Waals surface area contributed by atoms with Crippen molar-refractivity contribution in [3.05, 3.63) is 26.9 Å². The first kappa shape index (κ1) is 13.7. The zero-order chi connectivity index (χ0) is 14.2. The molecule has 1 aliphatic carbocycles. The molecule has 1 saturated heterocycles. The van der Waals surface area contributed by atoms with Gasteiger partial charge < -0.3 is 14.8 Å². The van der Waals surface area contributed by atoms with E-state index < -0.39 is 10.7 Å². The van der Waals surface area contributed by atoms with Crippen LogP contribution in [0.3, 0.4) is 0 Å². The Morgan fingerprint density at radius 2 is 2.25 bits per heavy atom. The molecule has 0 aromatic carbocycles. The number of nitrogens with zero attached hydrogens (tertiary/aromatic N) is 2. The number of hydrogen-bond acceptors (Lipinski definition) is 6. The second-order valence-corrected chi connectivity index (χ2v) is 5.73. The predicted octanol–water partition coefficient (Wildman–Crippen LogP) is 2.46. The number of pyridine rings is 1. The number of aromatic nitrogens is 1. The van der Waals surface area contributed by atoms with E-state index in [9.17, 15) is 10.1 Å². The zero-order valence-electron chi connectivity index (χ0n) is 10.7. The molecule has 1 unspecified atom stereocenters. The molecule has 3 rings (SSSR count). The molecule has 1 N–H and O–H groups in total. The van der Waals surface area contributed by atoms with Crippen LogP contribution in [0.4, 0.5) is 11.5 Å². The van der Waals surface area contributed by atoms with Gasteiger partial charge in [-0.05, 0) is 28.8 Å². The average Bonchev–Trinajstić information content (AvgIpc) is 3.04. The molecule has 7 nitrogen and oxygen atoms in total. The summed E-state index contributed by atoms with van der Waals surface area (Å²) in [5.74, 6) is 0.00377. The summed E-state index contributed by atoms with van der Waals surface area (Å²) in [5.41, 5.74) is -0.0445. The Balaban J connectivity index is 1.79. The molecule has 1 aromatic rings. The first-order valence-electron chi connectivity index (χ1n) is 6.45. The topological polar surface area (TPSA) is 86.5 Å². The summed E-state index contributed by atoms with van der Waals surface area (Å²) in [6.07, 6.45) is 4.04. The molecule has 1 spiro atoms. The number of nitrogens with one attached hydrogen (secondary N) is 1. The number of halogens is 1. The van der Waals surface area contributed by atoms with Gasteiger partial charge in [-0.3, -0.25) is 10.1 Å². The molecule has 0 radical (unpaired) electrons. The van der Waals surface area contributed by atoms with Crippen molar-refractivity contribution < 1.29 is 14.4 Å². The van der Waals surface area contributed by atoms with E-state index in [0.29, 0.717) is 23.5 Å². The monoisotopic (exact) mass is 343 g/mol. The molecule has 8 heteroatoms. The number of hydrogen-bond donors (Lipinski definition) is 1. The van der Waals surface area contributed by atoms with Crippen molar-refractivity contribution in [2.24, 2.45) is 0 Å². The maximum atomic E-state index is 10.7. The first-order chi connectivity index (χ1) is 9.61. The fraction of sp³-hybridized carbons (Fsp3) is 0.583. The predicted molar refractivity (Wildman–Crippen MR) is 74.5 cm³/mol. The number of rotatable bonds is 3. The van der Waals surface area contributed by atoms with Gasteiger partial charge in [-0.1, -0.05) is 0 Å². The minimum Gasteiger partial charge on any atom is -0.361 e. The van der Waals surface area contributed by atoms with Crippen molar-refractivity contribution in [3.63, 3.8) is 0 Å². The average molecular weight is 344 g/mol. The van der Waals surface area contributed by atoms with Gasteiger partial charge in [-0.15, -0.1) is 0 Å². The first-order valence-corrected chi connectivity index (χ1v) is 7.24. The Bertz CT molecular complexity index is 528. The van der Waals surface area contributed by atoms with Crippen LogP contribution in [0.25, 0.3) is 0 Å². The zero-order valence-corrected chi connectivity index (χ0v) is 12.3. The van der Waals surface area contributed by atoms with Gasteiger partial charge in [0, 0.05) is 12.5 Å². The second-order valence-electron chi connectivity index (χ2n) is 4.88. The number of ether oxygens (including phenoxy) is 2. The van der Waals surface area contributed by atoms with Crippen LogP contribution in [0.5, 0.6) is 0 Å². The fourth-order valence-corrected chi connectivity index (χ4v) is 3.20. The number of anilines is 1. The molecule has 1 atom stereocenters. The van der Waals surface area contributed by atoms with Crippen LogP contribution in [0.2, 0.25) is 0 Å². The van der Waals surface area contributed by atoms with Crippen molar-refractivity contribution in [2.75, 3.05) is 18.5 Å². The Kier molecular flexibility index (Phi) is 3.61. The van der Waals surface area contributed by atoms with E-state index in [2.05, 4.69) is 26.2 Å². The van der Waals surface area contributed by atoms with Crippen LogP contribution in [-0.2, 0) is 9.47 Å². The van der Waals surface area contributed by atoms with Gasteiger partial charge in [-0.25, -0.2) is 4.98 Å². The van der Waals surface area contributed by atoms with Gasteiger partial charge in [0.25, 0.3) is 5.69 Å². The van der Waals surface area contributed by atoms with Gasteiger partial charge in [0.05, 0.1) is 28.7 Å². The van der Waals surface area contributed by atoms with Crippen molar-refractivity contribution in [1.29, 1.82) is 0 Å². The largest absolute Gasteiger partial charge is 0.361 e. The lowest BCUT2D eigenvalue weighted by atomic mass is 10.1. The van der Waals surface area contributed by atoms with Crippen molar-refractivity contribution in [1.82, 2.24) is 4.98 Å². The Hall–Kier alpha value is -1.25. The highest BCUT2D eigenvalue weighted by atomic mass is 79.9. The summed E-state index contributed by atoms with van der Waals surface area (Å²) in [6.45, 7) is 1.21. The highest BCUT2D eigenvalue weighted by molar-refractivity contribution is 9.10. The maximum Gasteiger partial charge on any atom is 0.288 e. The highest BCUT2D eigenvalue weighted by Crippen LogP contribution is 2.39. The van der Waals surface area contributed by atoms with E-state index in [1.165, 1.54) is 12.3 Å². The Morgan fingerprint density at radius 1 is 1.50 bits per heavy atom. The molecule has 0 bridgehead atoms. The minimum atomic E-state index is -0.567. The lowest BCUT2D eigenvalue weighted by Crippen LogP contribution is -2.43. The molecule has 2 fully saturated rings. The molecule has 0 amide bonds. The van der Waals surface area contributed by atoms with E-state index in [1.54, 1.807) is 0 Å². The van der Waals surface area contributed by atoms with E-state index in [0.717, 1.165) is 19.3 Å². The summed E-state index contributed by atoms with van der Waals surface area (Å²) in [7, 11) is 0. The molecule has 1 aromatic heterocycles. The summed E-state index contributed by atoms with van der Waals surface area (Å²) in [6, 6.07) is 1.45. The smallest absolute Gasteiger partial charge is 0.288 e. The normalized spacial score (nSPS) is 24.1. The molecular weight excluding hydrogens is 330 g/mol. The summed E-state index contributed by atoms with van der Waals surface area (Å²) in [4.78, 5) is 14.3. The van der Waals surface area contributed by atoms with Crippen molar-refractivity contribution in [3.8, 4) is 0 Å². The van der Waals surface area contributed by atoms with E-state index in [1.807, 2.05) is 0 Å². The summed E-state index contributed by atoms with van der Waals surface area (Å²) >= 11 is 3.31.